The van der Waals surface area contributed by atoms with Gasteiger partial charge in [-0.05, 0) is 42.5 Å². The molecule has 0 saturated carbocycles. The van der Waals surface area contributed by atoms with Crippen molar-refractivity contribution in [3.8, 4) is 11.5 Å². The fourth-order valence-corrected chi connectivity index (χ4v) is 2.79. The summed E-state index contributed by atoms with van der Waals surface area (Å²) in [6.07, 6.45) is 3.05. The van der Waals surface area contributed by atoms with Gasteiger partial charge in [-0.3, -0.25) is 4.99 Å². The van der Waals surface area contributed by atoms with Gasteiger partial charge >= 0.3 is 0 Å². The second-order valence-electron chi connectivity index (χ2n) is 5.95. The van der Waals surface area contributed by atoms with E-state index in [0.29, 0.717) is 6.79 Å². The number of aliphatic imine (C=N–C) groups is 1. The quantitative estimate of drug-likeness (QED) is 0.284. The minimum Gasteiger partial charge on any atom is -0.454 e. The number of hydrogen-bond donors (Lipinski definition) is 2. The van der Waals surface area contributed by atoms with Crippen LogP contribution in [-0.2, 0) is 12.8 Å². The first kappa shape index (κ1) is 20.4. The molecule has 2 aromatic rings. The third kappa shape index (κ3) is 6.09. The third-order valence-corrected chi connectivity index (χ3v) is 4.14. The van der Waals surface area contributed by atoms with Crippen LogP contribution >= 0.6 is 24.0 Å². The molecule has 0 aromatic heterocycles. The van der Waals surface area contributed by atoms with E-state index in [-0.39, 0.29) is 24.0 Å². The summed E-state index contributed by atoms with van der Waals surface area (Å²) in [7, 11) is 1.80. The Morgan fingerprint density at radius 2 is 1.69 bits per heavy atom. The van der Waals surface area contributed by atoms with Crippen molar-refractivity contribution in [1.29, 1.82) is 0 Å². The molecule has 0 radical (unpaired) electrons. The van der Waals surface area contributed by atoms with Crippen LogP contribution in [-0.4, -0.2) is 32.9 Å². The topological polar surface area (TPSA) is 54.9 Å². The molecule has 1 heterocycles. The Bertz CT molecular complexity index is 707. The van der Waals surface area contributed by atoms with Crippen molar-refractivity contribution in [3.63, 3.8) is 0 Å². The summed E-state index contributed by atoms with van der Waals surface area (Å²) in [6.45, 7) is 2.03. The van der Waals surface area contributed by atoms with Crippen molar-refractivity contribution in [2.45, 2.75) is 19.3 Å². The average molecular weight is 467 g/mol. The number of benzene rings is 2. The summed E-state index contributed by atoms with van der Waals surface area (Å²) >= 11 is 0. The number of hydrogen-bond acceptors (Lipinski definition) is 3. The first-order valence-corrected chi connectivity index (χ1v) is 8.72. The lowest BCUT2D eigenvalue weighted by molar-refractivity contribution is 0.174. The molecule has 140 valence electrons. The van der Waals surface area contributed by atoms with Gasteiger partial charge in [0.25, 0.3) is 0 Å². The van der Waals surface area contributed by atoms with Crippen LogP contribution in [0.25, 0.3) is 0 Å². The van der Waals surface area contributed by atoms with Crippen LogP contribution in [0.2, 0.25) is 0 Å². The van der Waals surface area contributed by atoms with Crippen molar-refractivity contribution in [2.75, 3.05) is 26.9 Å². The van der Waals surface area contributed by atoms with Crippen molar-refractivity contribution in [2.24, 2.45) is 4.99 Å². The van der Waals surface area contributed by atoms with Gasteiger partial charge in [0.2, 0.25) is 6.79 Å². The molecule has 0 saturated heterocycles. The lowest BCUT2D eigenvalue weighted by atomic mass is 10.1. The number of nitrogens with zero attached hydrogens (tertiary/aromatic N) is 1. The zero-order valence-corrected chi connectivity index (χ0v) is 17.4. The van der Waals surface area contributed by atoms with Gasteiger partial charge in [-0.1, -0.05) is 36.4 Å². The van der Waals surface area contributed by atoms with Crippen LogP contribution in [0.1, 0.15) is 17.5 Å². The second-order valence-corrected chi connectivity index (χ2v) is 5.95. The zero-order chi connectivity index (χ0) is 17.3. The zero-order valence-electron chi connectivity index (χ0n) is 15.0. The van der Waals surface area contributed by atoms with E-state index in [9.17, 15) is 0 Å². The maximum absolute atomic E-state index is 5.41. The highest BCUT2D eigenvalue weighted by atomic mass is 127. The molecule has 3 rings (SSSR count). The van der Waals surface area contributed by atoms with Gasteiger partial charge in [0.1, 0.15) is 0 Å². The maximum atomic E-state index is 5.41. The monoisotopic (exact) mass is 467 g/mol. The number of fused-ring (bicyclic) bond motifs is 1. The summed E-state index contributed by atoms with van der Waals surface area (Å²) in [5.41, 5.74) is 2.59. The summed E-state index contributed by atoms with van der Waals surface area (Å²) < 4.78 is 10.7. The Morgan fingerprint density at radius 1 is 0.923 bits per heavy atom. The molecule has 0 fully saturated rings. The number of halogens is 1. The Kier molecular flexibility index (Phi) is 8.53. The molecule has 1 aliphatic rings. The minimum atomic E-state index is 0. The fraction of sp³-hybridized carbons (Fsp3) is 0.350. The van der Waals surface area contributed by atoms with Gasteiger partial charge < -0.3 is 20.1 Å². The Labute approximate surface area is 172 Å². The molecule has 0 amide bonds. The van der Waals surface area contributed by atoms with Gasteiger partial charge in [0.05, 0.1) is 0 Å². The third-order valence-electron chi connectivity index (χ3n) is 4.14. The highest BCUT2D eigenvalue weighted by Crippen LogP contribution is 2.32. The van der Waals surface area contributed by atoms with Gasteiger partial charge in [0, 0.05) is 20.1 Å². The van der Waals surface area contributed by atoms with Gasteiger partial charge in [-0.25, -0.2) is 0 Å². The van der Waals surface area contributed by atoms with E-state index in [1.807, 2.05) is 18.2 Å². The second kappa shape index (κ2) is 10.9. The number of rotatable bonds is 7. The van der Waals surface area contributed by atoms with E-state index in [2.05, 4.69) is 46.0 Å². The number of guanidine groups is 1. The Balaban J connectivity index is 0.00000243. The van der Waals surface area contributed by atoms with Gasteiger partial charge in [-0.15, -0.1) is 24.0 Å². The highest BCUT2D eigenvalue weighted by molar-refractivity contribution is 14.0. The predicted octanol–water partition coefficient (Wildman–Crippen LogP) is 3.37. The van der Waals surface area contributed by atoms with E-state index in [4.69, 9.17) is 9.47 Å². The number of nitrogens with one attached hydrogen (secondary N) is 2. The molecule has 6 heteroatoms. The molecule has 26 heavy (non-hydrogen) atoms. The van der Waals surface area contributed by atoms with E-state index in [1.165, 1.54) is 11.1 Å². The molecule has 0 atom stereocenters. The van der Waals surface area contributed by atoms with E-state index in [0.717, 1.165) is 49.8 Å². The lowest BCUT2D eigenvalue weighted by Gasteiger charge is -2.12. The largest absolute Gasteiger partial charge is 0.454 e. The van der Waals surface area contributed by atoms with Gasteiger partial charge in [-0.2, -0.15) is 0 Å². The van der Waals surface area contributed by atoms with Crippen LogP contribution in [0.3, 0.4) is 0 Å². The standard InChI is InChI=1S/C20H25N3O2.HI/c1-21-20(22-12-5-8-16-6-3-2-4-7-16)23-13-11-17-9-10-18-19(14-17)25-15-24-18;/h2-4,6-7,9-10,14H,5,8,11-13,15H2,1H3,(H2,21,22,23);1H. The van der Waals surface area contributed by atoms with E-state index < -0.39 is 0 Å². The molecule has 1 aliphatic heterocycles. The van der Waals surface area contributed by atoms with Crippen LogP contribution in [0.5, 0.6) is 11.5 Å². The number of ether oxygens (including phenoxy) is 2. The first-order chi connectivity index (χ1) is 12.3. The summed E-state index contributed by atoms with van der Waals surface area (Å²) in [5.74, 6) is 2.50. The van der Waals surface area contributed by atoms with Crippen molar-refractivity contribution in [3.05, 3.63) is 59.7 Å². The van der Waals surface area contributed by atoms with Crippen LogP contribution in [0.4, 0.5) is 0 Å². The highest BCUT2D eigenvalue weighted by Gasteiger charge is 2.12. The van der Waals surface area contributed by atoms with Crippen molar-refractivity contribution >= 4 is 29.9 Å². The van der Waals surface area contributed by atoms with E-state index >= 15 is 0 Å². The SMILES string of the molecule is CN=C(NCCCc1ccccc1)NCCc1ccc2c(c1)OCO2.I. The average Bonchev–Trinajstić information content (AvgIpc) is 3.12. The molecular formula is C20H26IN3O2. The molecule has 5 nitrogen and oxygen atoms in total. The van der Waals surface area contributed by atoms with E-state index in [1.54, 1.807) is 7.05 Å². The Hall–Kier alpha value is -1.96. The fourth-order valence-electron chi connectivity index (χ4n) is 2.79. The molecule has 0 bridgehead atoms. The normalized spacial score (nSPS) is 12.4. The van der Waals surface area contributed by atoms with Crippen LogP contribution < -0.4 is 20.1 Å². The van der Waals surface area contributed by atoms with Gasteiger partial charge in [0.15, 0.2) is 17.5 Å². The minimum absolute atomic E-state index is 0. The summed E-state index contributed by atoms with van der Waals surface area (Å²) in [6, 6.07) is 16.6. The van der Waals surface area contributed by atoms with Crippen LogP contribution in [0, 0.1) is 0 Å². The maximum Gasteiger partial charge on any atom is 0.231 e. The Morgan fingerprint density at radius 3 is 2.50 bits per heavy atom. The molecule has 2 N–H and O–H groups in total. The molecular weight excluding hydrogens is 441 g/mol. The molecule has 2 aromatic carbocycles. The first-order valence-electron chi connectivity index (χ1n) is 8.72. The molecule has 0 unspecified atom stereocenters. The predicted molar refractivity (Wildman–Crippen MR) is 116 cm³/mol. The molecule has 0 spiro atoms. The lowest BCUT2D eigenvalue weighted by Crippen LogP contribution is -2.38. The number of aryl methyl sites for hydroxylation is 1. The van der Waals surface area contributed by atoms with Crippen LogP contribution in [0.15, 0.2) is 53.5 Å². The molecule has 0 aliphatic carbocycles. The summed E-state index contributed by atoms with van der Waals surface area (Å²) in [4.78, 5) is 4.27. The van der Waals surface area contributed by atoms with Crippen molar-refractivity contribution < 1.29 is 9.47 Å². The summed E-state index contributed by atoms with van der Waals surface area (Å²) in [5, 5.41) is 6.71. The van der Waals surface area contributed by atoms with Crippen molar-refractivity contribution in [1.82, 2.24) is 10.6 Å². The smallest absolute Gasteiger partial charge is 0.231 e.